The number of hydrogen-bond acceptors (Lipinski definition) is 1. The minimum Gasteiger partial charge on any atom is -0.478 e. The largest absolute Gasteiger partial charge is 0.478 e. The Kier molecular flexibility index (Phi) is 2.94. The van der Waals surface area contributed by atoms with Crippen molar-refractivity contribution in [3.8, 4) is 0 Å². The van der Waals surface area contributed by atoms with Gasteiger partial charge in [-0.3, -0.25) is 0 Å². The molecular weight excluding hydrogens is 238 g/mol. The lowest BCUT2D eigenvalue weighted by molar-refractivity contribution is -0.131. The quantitative estimate of drug-likeness (QED) is 0.800. The molecule has 0 fully saturated rings. The number of fused-ring (bicyclic) bond motifs is 1. The standard InChI is InChI=1S/C13H12ClNO2/c1-7-5-8(2)12-10(6-7)9(13(14)15-12)3-4-11(16)17/h3-6,15H,1-2H3,(H,16,17)/b4-3+. The molecule has 0 saturated heterocycles. The van der Waals surface area contributed by atoms with Gasteiger partial charge in [0, 0.05) is 17.0 Å². The molecule has 0 aliphatic rings. The lowest BCUT2D eigenvalue weighted by Gasteiger charge is -1.99. The molecule has 0 aliphatic heterocycles. The first kappa shape index (κ1) is 11.7. The predicted octanol–water partition coefficient (Wildman–Crippen LogP) is 3.54. The second-order valence-electron chi connectivity index (χ2n) is 4.03. The molecule has 0 aliphatic carbocycles. The number of benzene rings is 1. The highest BCUT2D eigenvalue weighted by Crippen LogP contribution is 2.30. The van der Waals surface area contributed by atoms with Crippen molar-refractivity contribution in [1.82, 2.24) is 4.98 Å². The van der Waals surface area contributed by atoms with Gasteiger partial charge in [0.25, 0.3) is 0 Å². The van der Waals surface area contributed by atoms with Crippen LogP contribution < -0.4 is 0 Å². The van der Waals surface area contributed by atoms with Crippen LogP contribution in [-0.2, 0) is 4.79 Å². The number of H-pyrrole nitrogens is 1. The number of aryl methyl sites for hydroxylation is 2. The fourth-order valence-electron chi connectivity index (χ4n) is 1.96. The third-order valence-corrected chi connectivity index (χ3v) is 2.93. The summed E-state index contributed by atoms with van der Waals surface area (Å²) in [7, 11) is 0. The zero-order chi connectivity index (χ0) is 12.6. The normalized spacial score (nSPS) is 11.5. The fourth-order valence-corrected chi connectivity index (χ4v) is 2.22. The number of aromatic amines is 1. The average Bonchev–Trinajstić information content (AvgIpc) is 2.52. The van der Waals surface area contributed by atoms with Crippen molar-refractivity contribution >= 4 is 34.5 Å². The first-order valence-corrected chi connectivity index (χ1v) is 5.56. The summed E-state index contributed by atoms with van der Waals surface area (Å²) in [5.41, 5.74) is 3.88. The Morgan fingerprint density at radius 2 is 2.12 bits per heavy atom. The van der Waals surface area contributed by atoms with E-state index in [1.807, 2.05) is 19.9 Å². The Hall–Kier alpha value is -1.74. The van der Waals surface area contributed by atoms with Gasteiger partial charge in [0.15, 0.2) is 0 Å². The second kappa shape index (κ2) is 4.26. The van der Waals surface area contributed by atoms with Gasteiger partial charge in [0.05, 0.1) is 5.52 Å². The third-order valence-electron chi connectivity index (χ3n) is 2.63. The summed E-state index contributed by atoms with van der Waals surface area (Å²) in [6.07, 6.45) is 2.61. The van der Waals surface area contributed by atoms with Crippen molar-refractivity contribution in [2.45, 2.75) is 13.8 Å². The minimum absolute atomic E-state index is 0.464. The van der Waals surface area contributed by atoms with Crippen LogP contribution in [-0.4, -0.2) is 16.1 Å². The summed E-state index contributed by atoms with van der Waals surface area (Å²) in [6, 6.07) is 4.05. The fraction of sp³-hybridized carbons (Fsp3) is 0.154. The van der Waals surface area contributed by atoms with Crippen LogP contribution in [0.15, 0.2) is 18.2 Å². The molecule has 0 amide bonds. The molecular formula is C13H12ClNO2. The van der Waals surface area contributed by atoms with Crippen LogP contribution in [0.1, 0.15) is 16.7 Å². The summed E-state index contributed by atoms with van der Waals surface area (Å²) in [5.74, 6) is -0.986. The zero-order valence-corrected chi connectivity index (χ0v) is 10.3. The Morgan fingerprint density at radius 3 is 2.76 bits per heavy atom. The molecule has 0 saturated carbocycles. The highest BCUT2D eigenvalue weighted by Gasteiger charge is 2.10. The molecule has 0 unspecified atom stereocenters. The number of carboxylic acid groups (broad SMARTS) is 1. The summed E-state index contributed by atoms with van der Waals surface area (Å²) in [4.78, 5) is 13.6. The smallest absolute Gasteiger partial charge is 0.328 e. The average molecular weight is 250 g/mol. The van der Waals surface area contributed by atoms with Gasteiger partial charge >= 0.3 is 5.97 Å². The summed E-state index contributed by atoms with van der Waals surface area (Å²) in [6.45, 7) is 3.99. The number of aromatic nitrogens is 1. The van der Waals surface area contributed by atoms with Crippen LogP contribution in [0.25, 0.3) is 17.0 Å². The molecule has 4 heteroatoms. The van der Waals surface area contributed by atoms with Crippen molar-refractivity contribution in [2.75, 3.05) is 0 Å². The summed E-state index contributed by atoms with van der Waals surface area (Å²) < 4.78 is 0. The molecule has 88 valence electrons. The van der Waals surface area contributed by atoms with Gasteiger partial charge in [-0.05, 0) is 31.6 Å². The number of aliphatic carboxylic acids is 1. The molecule has 0 atom stereocenters. The predicted molar refractivity (Wildman–Crippen MR) is 69.5 cm³/mol. The molecule has 17 heavy (non-hydrogen) atoms. The third kappa shape index (κ3) is 2.19. The minimum atomic E-state index is -0.986. The van der Waals surface area contributed by atoms with Gasteiger partial charge in [0.1, 0.15) is 5.15 Å². The van der Waals surface area contributed by atoms with E-state index in [0.29, 0.717) is 5.15 Å². The Morgan fingerprint density at radius 1 is 1.41 bits per heavy atom. The van der Waals surface area contributed by atoms with Gasteiger partial charge in [-0.25, -0.2) is 4.79 Å². The van der Waals surface area contributed by atoms with Crippen molar-refractivity contribution in [3.63, 3.8) is 0 Å². The number of carboxylic acids is 1. The molecule has 2 aromatic rings. The van der Waals surface area contributed by atoms with E-state index in [4.69, 9.17) is 16.7 Å². The first-order chi connectivity index (χ1) is 7.99. The van der Waals surface area contributed by atoms with E-state index in [1.54, 1.807) is 0 Å². The van der Waals surface area contributed by atoms with Crippen molar-refractivity contribution in [2.24, 2.45) is 0 Å². The topological polar surface area (TPSA) is 53.1 Å². The molecule has 2 N–H and O–H groups in total. The molecule has 1 aromatic heterocycles. The van der Waals surface area contributed by atoms with Crippen molar-refractivity contribution in [3.05, 3.63) is 40.1 Å². The maximum atomic E-state index is 10.5. The molecule has 0 radical (unpaired) electrons. The SMILES string of the molecule is Cc1cc(C)c2[nH]c(Cl)c(/C=C/C(=O)O)c2c1. The molecule has 0 bridgehead atoms. The monoisotopic (exact) mass is 249 g/mol. The van der Waals surface area contributed by atoms with Gasteiger partial charge in [-0.15, -0.1) is 0 Å². The van der Waals surface area contributed by atoms with Crippen LogP contribution in [0.5, 0.6) is 0 Å². The zero-order valence-electron chi connectivity index (χ0n) is 9.54. The molecule has 1 aromatic carbocycles. The van der Waals surface area contributed by atoms with E-state index in [2.05, 4.69) is 11.1 Å². The molecule has 2 rings (SSSR count). The molecule has 1 heterocycles. The molecule has 3 nitrogen and oxygen atoms in total. The number of carbonyl (C=O) groups is 1. The summed E-state index contributed by atoms with van der Waals surface area (Å²) >= 11 is 6.08. The number of hydrogen-bond donors (Lipinski definition) is 2. The maximum Gasteiger partial charge on any atom is 0.328 e. The van der Waals surface area contributed by atoms with Gasteiger partial charge < -0.3 is 10.1 Å². The number of nitrogens with one attached hydrogen (secondary N) is 1. The van der Waals surface area contributed by atoms with Crippen LogP contribution in [0.2, 0.25) is 5.15 Å². The lowest BCUT2D eigenvalue weighted by Crippen LogP contribution is -1.85. The van der Waals surface area contributed by atoms with Crippen LogP contribution >= 0.6 is 11.6 Å². The molecule has 0 spiro atoms. The van der Waals surface area contributed by atoms with E-state index in [9.17, 15) is 4.79 Å². The first-order valence-electron chi connectivity index (χ1n) is 5.18. The van der Waals surface area contributed by atoms with Gasteiger partial charge in [0.2, 0.25) is 0 Å². The van der Waals surface area contributed by atoms with E-state index in [0.717, 1.165) is 33.7 Å². The lowest BCUT2D eigenvalue weighted by atomic mass is 10.1. The highest BCUT2D eigenvalue weighted by molar-refractivity contribution is 6.33. The van der Waals surface area contributed by atoms with E-state index < -0.39 is 5.97 Å². The van der Waals surface area contributed by atoms with Gasteiger partial charge in [-0.2, -0.15) is 0 Å². The number of halogens is 1. The summed E-state index contributed by atoms with van der Waals surface area (Å²) in [5, 5.41) is 10.1. The van der Waals surface area contributed by atoms with Crippen LogP contribution in [0, 0.1) is 13.8 Å². The Labute approximate surface area is 104 Å². The Bertz CT molecular complexity index is 626. The van der Waals surface area contributed by atoms with Crippen LogP contribution in [0.4, 0.5) is 0 Å². The second-order valence-corrected chi connectivity index (χ2v) is 4.41. The Balaban J connectivity index is 2.70. The van der Waals surface area contributed by atoms with Crippen molar-refractivity contribution < 1.29 is 9.90 Å². The van der Waals surface area contributed by atoms with Gasteiger partial charge in [-0.1, -0.05) is 23.2 Å². The van der Waals surface area contributed by atoms with E-state index in [1.165, 1.54) is 6.08 Å². The number of rotatable bonds is 2. The highest BCUT2D eigenvalue weighted by atomic mass is 35.5. The van der Waals surface area contributed by atoms with E-state index in [-0.39, 0.29) is 0 Å². The van der Waals surface area contributed by atoms with E-state index >= 15 is 0 Å². The van der Waals surface area contributed by atoms with Crippen molar-refractivity contribution in [1.29, 1.82) is 0 Å². The van der Waals surface area contributed by atoms with Crippen LogP contribution in [0.3, 0.4) is 0 Å². The maximum absolute atomic E-state index is 10.5.